The summed E-state index contributed by atoms with van der Waals surface area (Å²) in [6.07, 6.45) is -16.7. The van der Waals surface area contributed by atoms with Gasteiger partial charge in [0.2, 0.25) is 5.91 Å². The molecular weight excluding hydrogens is 1100 g/mol. The fraction of sp³-hybridized carbons (Fsp3) is 0.448. The molecule has 3 fully saturated rings. The highest BCUT2D eigenvalue weighted by molar-refractivity contribution is 6.76. The second-order valence-electron chi connectivity index (χ2n) is 22.9. The number of hydrogen-bond donors (Lipinski definition) is 4. The van der Waals surface area contributed by atoms with Gasteiger partial charge < -0.3 is 77.5 Å². The van der Waals surface area contributed by atoms with Gasteiger partial charge in [-0.1, -0.05) is 202 Å². The van der Waals surface area contributed by atoms with Crippen molar-refractivity contribution in [1.29, 1.82) is 0 Å². The molecule has 15 atom stereocenters. The minimum absolute atomic E-state index is 0.00965. The molecule has 0 aliphatic carbocycles. The Morgan fingerprint density at radius 2 is 0.800 bits per heavy atom. The summed E-state index contributed by atoms with van der Waals surface area (Å²) in [6.45, 7) is 8.73. The van der Waals surface area contributed by atoms with Crippen molar-refractivity contribution in [3.8, 4) is 0 Å². The van der Waals surface area contributed by atoms with Crippen LogP contribution in [0.5, 0.6) is 0 Å². The largest absolute Gasteiger partial charge is 0.394 e. The van der Waals surface area contributed by atoms with Crippen LogP contribution < -0.4 is 5.32 Å². The van der Waals surface area contributed by atoms with E-state index < -0.39 is 113 Å². The van der Waals surface area contributed by atoms with E-state index in [1.54, 1.807) is 0 Å². The zero-order chi connectivity index (χ0) is 59.4. The molecule has 4 N–H and O–H groups in total. The highest BCUT2D eigenvalue weighted by atomic mass is 28.3. The molecule has 17 nitrogen and oxygen atoms in total. The van der Waals surface area contributed by atoms with Crippen LogP contribution in [0.25, 0.3) is 0 Å². The molecule has 18 heteroatoms. The Balaban J connectivity index is 1.17. The molecule has 3 aliphatic rings. The third kappa shape index (κ3) is 19.0. The first-order chi connectivity index (χ1) is 41.4. The molecule has 1 amide bonds. The lowest BCUT2D eigenvalue weighted by Gasteiger charge is -2.51. The zero-order valence-corrected chi connectivity index (χ0v) is 49.9. The summed E-state index contributed by atoms with van der Waals surface area (Å²) in [5.41, 5.74) is 5.34. The first-order valence-corrected chi connectivity index (χ1v) is 33.1. The molecule has 3 heterocycles. The van der Waals surface area contributed by atoms with Gasteiger partial charge in [-0.25, -0.2) is 0 Å². The molecule has 6 aromatic carbocycles. The van der Waals surface area contributed by atoms with Crippen molar-refractivity contribution in [1.82, 2.24) is 5.32 Å². The lowest BCUT2D eigenvalue weighted by Crippen LogP contribution is -2.69. The number of amides is 1. The van der Waals surface area contributed by atoms with Crippen molar-refractivity contribution in [2.24, 2.45) is 0 Å². The molecule has 0 spiro atoms. The van der Waals surface area contributed by atoms with Crippen LogP contribution in [0, 0.1) is 0 Å². The lowest BCUT2D eigenvalue weighted by molar-refractivity contribution is -0.388. The van der Waals surface area contributed by atoms with Gasteiger partial charge in [0.1, 0.15) is 73.2 Å². The van der Waals surface area contributed by atoms with E-state index in [1.807, 2.05) is 182 Å². The van der Waals surface area contributed by atoms with E-state index in [2.05, 4.69) is 25.0 Å². The van der Waals surface area contributed by atoms with Crippen LogP contribution in [0.4, 0.5) is 0 Å². The maximum absolute atomic E-state index is 13.0. The average Bonchev–Trinajstić information content (AvgIpc) is 2.38. The molecule has 3 aliphatic heterocycles. The van der Waals surface area contributed by atoms with E-state index in [9.17, 15) is 20.1 Å². The number of carbonyl (C=O) groups is 1. The van der Waals surface area contributed by atoms with Crippen LogP contribution in [-0.2, 0) is 101 Å². The molecule has 9 rings (SSSR count). The number of rotatable bonds is 30. The van der Waals surface area contributed by atoms with Gasteiger partial charge in [-0.3, -0.25) is 4.79 Å². The Morgan fingerprint density at radius 3 is 1.22 bits per heavy atom. The van der Waals surface area contributed by atoms with Crippen molar-refractivity contribution in [2.45, 2.75) is 164 Å². The van der Waals surface area contributed by atoms with E-state index in [4.69, 9.17) is 56.8 Å². The van der Waals surface area contributed by atoms with Crippen LogP contribution >= 0.6 is 0 Å². The molecule has 85 heavy (non-hydrogen) atoms. The quantitative estimate of drug-likeness (QED) is 0.0314. The Hall–Kier alpha value is -5.59. The molecule has 0 radical (unpaired) electrons. The Bertz CT molecular complexity index is 2830. The molecule has 0 aromatic heterocycles. The molecule has 0 unspecified atom stereocenters. The summed E-state index contributed by atoms with van der Waals surface area (Å²) in [5.74, 6) is -0.531. The van der Waals surface area contributed by atoms with Gasteiger partial charge in [-0.15, -0.1) is 0 Å². The van der Waals surface area contributed by atoms with Crippen molar-refractivity contribution in [3.63, 3.8) is 0 Å². The number of carbonyl (C=O) groups excluding carboxylic acids is 1. The monoisotopic (exact) mass is 1190 g/mol. The third-order valence-electron chi connectivity index (χ3n) is 15.1. The predicted octanol–water partition coefficient (Wildman–Crippen LogP) is 8.28. The standard InChI is InChI=1S/C67H83NO16Si/c1-46(70)68-56-58(72)57(71)53(37-69)80-65(56)84-62-59(76-40-49-27-15-7-16-28-49)54(44-73-38-47-23-11-5-12-24-47)82-67(64(62)79-43-52-33-21-10-22-34-52)83-60-55(45-74-39-48-25-13-6-14-26-48)81-66(75-35-36-85(2,3)4)63(78-42-51-31-19-9-20-32-51)61(60)77-41-50-29-17-8-18-30-50/h5-34,53-67,69,71-72H,35-45H2,1-4H3,(H,68,70)/t53-,54-,55-,56-,57-,58-,59+,60-,61+,62+,63-,64-,65+,66-,67+/m1/s1. The SMILES string of the molecule is CC(=O)N[C@H]1[C@H](O[C@H]2[C@@H](OCc3ccccc3)[C@@H](COCc3ccccc3)O[C@@H](O[C@H]3[C@H](OCc4ccccc4)[C@@H](OCc4ccccc4)[C@H](OCC[Si](C)(C)C)O[C@@H]3COCc3ccccc3)[C@@H]2OCc2ccccc2)O[C@H](CO)[C@@H](O)[C@@H]1O. The second kappa shape index (κ2) is 32.4. The summed E-state index contributed by atoms with van der Waals surface area (Å²) in [4.78, 5) is 13.0. The summed E-state index contributed by atoms with van der Waals surface area (Å²) >= 11 is 0. The fourth-order valence-electron chi connectivity index (χ4n) is 10.5. The number of nitrogens with one attached hydrogen (secondary N) is 1. The lowest BCUT2D eigenvalue weighted by atomic mass is 9.94. The van der Waals surface area contributed by atoms with Gasteiger partial charge in [-0.2, -0.15) is 0 Å². The molecule has 0 saturated carbocycles. The maximum Gasteiger partial charge on any atom is 0.217 e. The predicted molar refractivity (Wildman–Crippen MR) is 319 cm³/mol. The highest BCUT2D eigenvalue weighted by Crippen LogP contribution is 2.38. The summed E-state index contributed by atoms with van der Waals surface area (Å²) < 4.78 is 83.9. The minimum atomic E-state index is -1.64. The second-order valence-corrected chi connectivity index (χ2v) is 28.6. The molecular formula is C67H83NO16Si. The minimum Gasteiger partial charge on any atom is -0.394 e. The van der Waals surface area contributed by atoms with Gasteiger partial charge in [-0.05, 0) is 39.4 Å². The zero-order valence-electron chi connectivity index (χ0n) is 48.9. The molecule has 3 saturated heterocycles. The Morgan fingerprint density at radius 1 is 0.435 bits per heavy atom. The van der Waals surface area contributed by atoms with Gasteiger partial charge in [0.15, 0.2) is 18.9 Å². The van der Waals surface area contributed by atoms with Crippen LogP contribution in [0.15, 0.2) is 182 Å². The van der Waals surface area contributed by atoms with Gasteiger partial charge >= 0.3 is 0 Å². The average molecular weight is 1190 g/mol. The topological polar surface area (TPSA) is 201 Å². The van der Waals surface area contributed by atoms with E-state index in [0.717, 1.165) is 39.4 Å². The van der Waals surface area contributed by atoms with Crippen LogP contribution in [0.3, 0.4) is 0 Å². The van der Waals surface area contributed by atoms with Gasteiger partial charge in [0.05, 0.1) is 59.5 Å². The van der Waals surface area contributed by atoms with E-state index in [1.165, 1.54) is 6.92 Å². The Labute approximate surface area is 500 Å². The van der Waals surface area contributed by atoms with Crippen molar-refractivity contribution < 1.29 is 77.0 Å². The third-order valence-corrected chi connectivity index (χ3v) is 16.8. The van der Waals surface area contributed by atoms with Crippen LogP contribution in [0.2, 0.25) is 25.7 Å². The van der Waals surface area contributed by atoms with Crippen molar-refractivity contribution in [3.05, 3.63) is 215 Å². The number of hydrogen-bond acceptors (Lipinski definition) is 16. The summed E-state index contributed by atoms with van der Waals surface area (Å²) in [7, 11) is -1.62. The summed E-state index contributed by atoms with van der Waals surface area (Å²) in [5, 5.41) is 36.3. The number of aliphatic hydroxyl groups is 3. The van der Waals surface area contributed by atoms with Gasteiger partial charge in [0, 0.05) is 21.6 Å². The number of aliphatic hydroxyl groups excluding tert-OH is 3. The number of ether oxygens (including phenoxy) is 12. The van der Waals surface area contributed by atoms with Gasteiger partial charge in [0.25, 0.3) is 0 Å². The Kier molecular flexibility index (Phi) is 24.4. The normalized spacial score (nSPS) is 28.0. The molecule has 0 bridgehead atoms. The van der Waals surface area contributed by atoms with E-state index in [-0.39, 0.29) is 52.9 Å². The summed E-state index contributed by atoms with van der Waals surface area (Å²) in [6, 6.07) is 58.0. The highest BCUT2D eigenvalue weighted by Gasteiger charge is 2.57. The molecule has 6 aromatic rings. The first-order valence-electron chi connectivity index (χ1n) is 29.4. The maximum atomic E-state index is 13.0. The van der Waals surface area contributed by atoms with E-state index in [0.29, 0.717) is 6.61 Å². The first kappa shape index (κ1) is 63.9. The number of benzene rings is 6. The fourth-order valence-corrected chi connectivity index (χ4v) is 11.2. The smallest absolute Gasteiger partial charge is 0.217 e. The van der Waals surface area contributed by atoms with Crippen LogP contribution in [-0.4, -0.2) is 148 Å². The van der Waals surface area contributed by atoms with Crippen molar-refractivity contribution in [2.75, 3.05) is 26.4 Å². The van der Waals surface area contributed by atoms with Crippen molar-refractivity contribution >= 4 is 14.0 Å². The van der Waals surface area contributed by atoms with Crippen LogP contribution in [0.1, 0.15) is 40.3 Å². The molecule has 456 valence electrons. The van der Waals surface area contributed by atoms with E-state index >= 15 is 0 Å².